The van der Waals surface area contributed by atoms with E-state index < -0.39 is 0 Å². The van der Waals surface area contributed by atoms with Crippen LogP contribution in [0.3, 0.4) is 0 Å². The first-order chi connectivity index (χ1) is 7.86. The number of hydrogen-bond donors (Lipinski definition) is 1. The maximum atomic E-state index is 6.16. The third-order valence-corrected chi connectivity index (χ3v) is 2.99. The topological polar surface area (TPSA) is 28.7 Å². The largest absolute Gasteiger partial charge is 0.278 e. The Morgan fingerprint density at radius 2 is 1.75 bits per heavy atom. The molecule has 0 saturated heterocycles. The van der Waals surface area contributed by atoms with Crippen molar-refractivity contribution in [1.29, 1.82) is 0 Å². The Labute approximate surface area is 97.9 Å². The first-order valence-corrected chi connectivity index (χ1v) is 5.41. The lowest BCUT2D eigenvalue weighted by atomic mass is 10.0. The van der Waals surface area contributed by atoms with E-state index in [2.05, 4.69) is 16.3 Å². The molecule has 16 heavy (non-hydrogen) atoms. The number of H-pyrrole nitrogens is 1. The molecule has 0 fully saturated rings. The first kappa shape index (κ1) is 9.43. The second kappa shape index (κ2) is 3.65. The number of fused-ring (bicyclic) bond motifs is 1. The van der Waals surface area contributed by atoms with Crippen molar-refractivity contribution in [1.82, 2.24) is 10.2 Å². The monoisotopic (exact) mass is 228 g/mol. The van der Waals surface area contributed by atoms with Crippen molar-refractivity contribution in [2.75, 3.05) is 0 Å². The maximum Gasteiger partial charge on any atom is 0.0656 e. The molecule has 2 nitrogen and oxygen atoms in total. The SMILES string of the molecule is Clc1ccc(-c2ccn[nH]2)c2ccccc12. The summed E-state index contributed by atoms with van der Waals surface area (Å²) in [6.07, 6.45) is 1.75. The molecule has 3 aromatic rings. The summed E-state index contributed by atoms with van der Waals surface area (Å²) in [5.74, 6) is 0. The zero-order valence-corrected chi connectivity index (χ0v) is 9.20. The Balaban J connectivity index is 2.39. The molecule has 3 rings (SSSR count). The van der Waals surface area contributed by atoms with Gasteiger partial charge in [0.2, 0.25) is 0 Å². The fourth-order valence-corrected chi connectivity index (χ4v) is 2.13. The molecule has 0 atom stereocenters. The highest BCUT2D eigenvalue weighted by molar-refractivity contribution is 6.36. The molecule has 0 aliphatic rings. The molecule has 0 spiro atoms. The van der Waals surface area contributed by atoms with E-state index in [1.54, 1.807) is 6.20 Å². The van der Waals surface area contributed by atoms with E-state index in [0.717, 1.165) is 27.1 Å². The molecule has 3 heteroatoms. The Morgan fingerprint density at radius 3 is 2.50 bits per heavy atom. The lowest BCUT2D eigenvalue weighted by molar-refractivity contribution is 1.10. The third kappa shape index (κ3) is 1.39. The van der Waals surface area contributed by atoms with E-state index in [9.17, 15) is 0 Å². The second-order valence-corrected chi connectivity index (χ2v) is 4.02. The van der Waals surface area contributed by atoms with Gasteiger partial charge in [0, 0.05) is 22.2 Å². The zero-order chi connectivity index (χ0) is 11.0. The van der Waals surface area contributed by atoms with Crippen LogP contribution in [-0.2, 0) is 0 Å². The fraction of sp³-hybridized carbons (Fsp3) is 0. The summed E-state index contributed by atoms with van der Waals surface area (Å²) in [5.41, 5.74) is 2.13. The van der Waals surface area contributed by atoms with Gasteiger partial charge >= 0.3 is 0 Å². The van der Waals surface area contributed by atoms with E-state index >= 15 is 0 Å². The summed E-state index contributed by atoms with van der Waals surface area (Å²) < 4.78 is 0. The van der Waals surface area contributed by atoms with Crippen molar-refractivity contribution in [2.24, 2.45) is 0 Å². The van der Waals surface area contributed by atoms with Crippen molar-refractivity contribution < 1.29 is 0 Å². The van der Waals surface area contributed by atoms with Crippen LogP contribution >= 0.6 is 11.6 Å². The van der Waals surface area contributed by atoms with Crippen LogP contribution in [0.4, 0.5) is 0 Å². The van der Waals surface area contributed by atoms with Crippen LogP contribution in [0.15, 0.2) is 48.7 Å². The molecule has 1 heterocycles. The normalized spacial score (nSPS) is 10.8. The fourth-order valence-electron chi connectivity index (χ4n) is 1.90. The average molecular weight is 229 g/mol. The molecule has 2 aromatic carbocycles. The van der Waals surface area contributed by atoms with Gasteiger partial charge in [-0.05, 0) is 17.5 Å². The Bertz CT molecular complexity index is 629. The lowest BCUT2D eigenvalue weighted by Crippen LogP contribution is -1.82. The number of nitrogens with zero attached hydrogens (tertiary/aromatic N) is 1. The minimum Gasteiger partial charge on any atom is -0.278 e. The quantitative estimate of drug-likeness (QED) is 0.673. The summed E-state index contributed by atoms with van der Waals surface area (Å²) >= 11 is 6.16. The van der Waals surface area contributed by atoms with Crippen LogP contribution in [-0.4, -0.2) is 10.2 Å². The van der Waals surface area contributed by atoms with Crippen molar-refractivity contribution in [3.05, 3.63) is 53.7 Å². The van der Waals surface area contributed by atoms with Crippen LogP contribution in [0.1, 0.15) is 0 Å². The predicted molar refractivity (Wildman–Crippen MR) is 66.5 cm³/mol. The Kier molecular flexibility index (Phi) is 2.15. The van der Waals surface area contributed by atoms with Gasteiger partial charge < -0.3 is 0 Å². The van der Waals surface area contributed by atoms with Crippen LogP contribution < -0.4 is 0 Å². The minimum absolute atomic E-state index is 0.777. The molecule has 1 N–H and O–H groups in total. The van der Waals surface area contributed by atoms with Gasteiger partial charge in [-0.3, -0.25) is 5.10 Å². The first-order valence-electron chi connectivity index (χ1n) is 5.03. The third-order valence-electron chi connectivity index (χ3n) is 2.66. The van der Waals surface area contributed by atoms with Gasteiger partial charge in [-0.25, -0.2) is 0 Å². The van der Waals surface area contributed by atoms with Gasteiger partial charge in [0.1, 0.15) is 0 Å². The molecular weight excluding hydrogens is 220 g/mol. The molecule has 0 saturated carbocycles. The molecular formula is C13H9ClN2. The number of hydrogen-bond acceptors (Lipinski definition) is 1. The van der Waals surface area contributed by atoms with E-state index in [4.69, 9.17) is 11.6 Å². The van der Waals surface area contributed by atoms with Gasteiger partial charge in [0.25, 0.3) is 0 Å². The number of rotatable bonds is 1. The van der Waals surface area contributed by atoms with E-state index in [1.165, 1.54) is 0 Å². The molecule has 0 radical (unpaired) electrons. The summed E-state index contributed by atoms with van der Waals surface area (Å²) in [5, 5.41) is 9.92. The molecule has 0 amide bonds. The number of aromatic amines is 1. The summed E-state index contributed by atoms with van der Waals surface area (Å²) in [6, 6.07) is 14.0. The van der Waals surface area contributed by atoms with Crippen molar-refractivity contribution in [2.45, 2.75) is 0 Å². The van der Waals surface area contributed by atoms with Crippen LogP contribution in [0.2, 0.25) is 5.02 Å². The average Bonchev–Trinajstić information content (AvgIpc) is 2.83. The van der Waals surface area contributed by atoms with Crippen LogP contribution in [0.5, 0.6) is 0 Å². The lowest BCUT2D eigenvalue weighted by Gasteiger charge is -2.05. The van der Waals surface area contributed by atoms with Crippen LogP contribution in [0, 0.1) is 0 Å². The van der Waals surface area contributed by atoms with Gasteiger partial charge in [-0.1, -0.05) is 41.9 Å². The summed E-state index contributed by atoms with van der Waals surface area (Å²) in [4.78, 5) is 0. The predicted octanol–water partition coefficient (Wildman–Crippen LogP) is 3.88. The summed E-state index contributed by atoms with van der Waals surface area (Å²) in [7, 11) is 0. The molecule has 0 unspecified atom stereocenters. The molecule has 0 aliphatic carbocycles. The van der Waals surface area contributed by atoms with E-state index in [0.29, 0.717) is 0 Å². The number of aromatic nitrogens is 2. The smallest absolute Gasteiger partial charge is 0.0656 e. The van der Waals surface area contributed by atoms with Crippen LogP contribution in [0.25, 0.3) is 22.0 Å². The number of benzene rings is 2. The van der Waals surface area contributed by atoms with Gasteiger partial charge in [0.15, 0.2) is 0 Å². The maximum absolute atomic E-state index is 6.16. The Hall–Kier alpha value is -1.80. The van der Waals surface area contributed by atoms with Gasteiger partial charge in [-0.2, -0.15) is 5.10 Å². The van der Waals surface area contributed by atoms with Gasteiger partial charge in [0.05, 0.1) is 5.69 Å². The number of nitrogens with one attached hydrogen (secondary N) is 1. The van der Waals surface area contributed by atoms with Crippen molar-refractivity contribution in [3.8, 4) is 11.3 Å². The zero-order valence-electron chi connectivity index (χ0n) is 8.44. The number of halogens is 1. The van der Waals surface area contributed by atoms with Crippen molar-refractivity contribution >= 4 is 22.4 Å². The van der Waals surface area contributed by atoms with Gasteiger partial charge in [-0.15, -0.1) is 0 Å². The van der Waals surface area contributed by atoms with E-state index in [-0.39, 0.29) is 0 Å². The van der Waals surface area contributed by atoms with Crippen molar-refractivity contribution in [3.63, 3.8) is 0 Å². The Morgan fingerprint density at radius 1 is 0.938 bits per heavy atom. The molecule has 0 aliphatic heterocycles. The highest BCUT2D eigenvalue weighted by Crippen LogP contribution is 2.31. The molecule has 0 bridgehead atoms. The molecule has 78 valence electrons. The summed E-state index contributed by atoms with van der Waals surface area (Å²) in [6.45, 7) is 0. The second-order valence-electron chi connectivity index (χ2n) is 3.61. The highest BCUT2D eigenvalue weighted by Gasteiger charge is 2.06. The van der Waals surface area contributed by atoms with E-state index in [1.807, 2.05) is 36.4 Å². The standard InChI is InChI=1S/C13H9ClN2/c14-12-6-5-11(13-7-8-15-16-13)9-3-1-2-4-10(9)12/h1-8H,(H,15,16). The minimum atomic E-state index is 0.777. The highest BCUT2D eigenvalue weighted by atomic mass is 35.5. The molecule has 1 aromatic heterocycles.